The number of rotatable bonds is 9. The number of amides is 3. The second-order valence-electron chi connectivity index (χ2n) is 13.9. The topological polar surface area (TPSA) is 161 Å². The Hall–Kier alpha value is -4.00. The SMILES string of the molecule is C=CC1C[C@]1(NC(=O)[C@@H]1C[C@@H]2CN1C(=O)[C@H](CCCC)CC(=O)OCCCCCc1ccc3ccnc(c3c1)O2)C(=O)NS(=O)(=O)C1CC1. The van der Waals surface area contributed by atoms with Gasteiger partial charge in [0.2, 0.25) is 27.7 Å². The minimum Gasteiger partial charge on any atom is -0.472 e. The van der Waals surface area contributed by atoms with Gasteiger partial charge < -0.3 is 19.7 Å². The van der Waals surface area contributed by atoms with Gasteiger partial charge in [0.05, 0.1) is 24.8 Å². The molecule has 1 saturated heterocycles. The van der Waals surface area contributed by atoms with Crippen LogP contribution in [-0.4, -0.2) is 78.1 Å². The number of sulfonamides is 1. The van der Waals surface area contributed by atoms with E-state index in [2.05, 4.69) is 33.7 Å². The first-order valence-corrected chi connectivity index (χ1v) is 19.1. The van der Waals surface area contributed by atoms with E-state index in [1.165, 1.54) is 11.0 Å². The Morgan fingerprint density at radius 2 is 1.98 bits per heavy atom. The number of pyridine rings is 1. The predicted octanol–water partition coefficient (Wildman–Crippen LogP) is 3.72. The zero-order chi connectivity index (χ0) is 34.8. The number of unbranched alkanes of at least 4 members (excludes halogenated alkanes) is 1. The number of hydrogen-bond donors (Lipinski definition) is 2. The summed E-state index contributed by atoms with van der Waals surface area (Å²) in [6, 6.07) is 7.03. The molecular formula is C36H46N4O8S. The minimum atomic E-state index is -3.86. The zero-order valence-corrected chi connectivity index (χ0v) is 28.8. The van der Waals surface area contributed by atoms with Crippen molar-refractivity contribution in [2.24, 2.45) is 11.8 Å². The number of fused-ring (bicyclic) bond motifs is 3. The average Bonchev–Trinajstić information content (AvgIpc) is 4.01. The van der Waals surface area contributed by atoms with Crippen LogP contribution in [0.2, 0.25) is 0 Å². The maximum absolute atomic E-state index is 14.3. The largest absolute Gasteiger partial charge is 0.472 e. The van der Waals surface area contributed by atoms with Gasteiger partial charge in [-0.15, -0.1) is 6.58 Å². The molecule has 3 amide bonds. The third-order valence-corrected chi connectivity index (χ3v) is 12.0. The van der Waals surface area contributed by atoms with Crippen molar-refractivity contribution in [2.45, 2.75) is 107 Å². The average molecular weight is 695 g/mol. The molecule has 3 fully saturated rings. The summed E-state index contributed by atoms with van der Waals surface area (Å²) in [6.45, 7) is 6.11. The third-order valence-electron chi connectivity index (χ3n) is 10.2. The highest BCUT2D eigenvalue weighted by Gasteiger charge is 2.62. The molecule has 2 saturated carbocycles. The summed E-state index contributed by atoms with van der Waals surface area (Å²) in [7, 11) is -3.86. The number of nitrogens with one attached hydrogen (secondary N) is 2. The number of cyclic esters (lactones) is 1. The van der Waals surface area contributed by atoms with Crippen LogP contribution in [0.4, 0.5) is 0 Å². The molecule has 264 valence electrons. The van der Waals surface area contributed by atoms with Crippen LogP contribution in [0.3, 0.4) is 0 Å². The number of carbonyl (C=O) groups excluding carboxylic acids is 4. The number of aryl methyl sites for hydroxylation is 1. The standard InChI is InChI=1S/C36H46N4O8S/c1-3-5-10-25-19-31(41)47-17-8-6-7-9-23-11-12-24-15-16-37-33(29(24)18-23)48-27-20-30(40(22-27)34(25)43)32(42)38-36(21-26(36)4-2)35(44)39-49(45,46)28-13-14-28/h4,11-12,15-16,18,25-28,30H,2-3,5-10,13-14,17,19-22H2,1H3,(H,38,42)(H,39,44)/t25-,26?,27-,30+,36-/m1/s1. The van der Waals surface area contributed by atoms with Crippen molar-refractivity contribution in [3.63, 3.8) is 0 Å². The molecule has 2 aliphatic heterocycles. The number of hydrogen-bond acceptors (Lipinski definition) is 9. The lowest BCUT2D eigenvalue weighted by molar-refractivity contribution is -0.150. The summed E-state index contributed by atoms with van der Waals surface area (Å²) in [5.74, 6) is -3.01. The Labute approximate surface area is 287 Å². The molecule has 2 N–H and O–H groups in total. The van der Waals surface area contributed by atoms with E-state index >= 15 is 0 Å². The first kappa shape index (κ1) is 34.8. The van der Waals surface area contributed by atoms with E-state index in [9.17, 15) is 27.6 Å². The van der Waals surface area contributed by atoms with E-state index in [1.54, 1.807) is 6.20 Å². The highest BCUT2D eigenvalue weighted by Crippen LogP contribution is 2.45. The lowest BCUT2D eigenvalue weighted by Gasteiger charge is -2.29. The number of esters is 1. The lowest BCUT2D eigenvalue weighted by atomic mass is 9.96. The van der Waals surface area contributed by atoms with Gasteiger partial charge >= 0.3 is 5.97 Å². The Bertz CT molecular complexity index is 1730. The van der Waals surface area contributed by atoms with Crippen molar-refractivity contribution in [1.29, 1.82) is 0 Å². The highest BCUT2D eigenvalue weighted by molar-refractivity contribution is 7.91. The van der Waals surface area contributed by atoms with Gasteiger partial charge in [-0.1, -0.05) is 38.0 Å². The van der Waals surface area contributed by atoms with Crippen LogP contribution in [-0.2, 0) is 40.4 Å². The second-order valence-corrected chi connectivity index (χ2v) is 15.9. The van der Waals surface area contributed by atoms with E-state index in [4.69, 9.17) is 9.47 Å². The van der Waals surface area contributed by atoms with Crippen LogP contribution in [0.1, 0.15) is 83.1 Å². The van der Waals surface area contributed by atoms with Gasteiger partial charge in [-0.25, -0.2) is 13.4 Å². The molecule has 1 aromatic carbocycles. The van der Waals surface area contributed by atoms with Crippen molar-refractivity contribution in [3.8, 4) is 5.88 Å². The van der Waals surface area contributed by atoms with Crippen molar-refractivity contribution < 1.29 is 37.1 Å². The van der Waals surface area contributed by atoms with E-state index in [1.807, 2.05) is 19.1 Å². The summed E-state index contributed by atoms with van der Waals surface area (Å²) < 4.78 is 39.5. The van der Waals surface area contributed by atoms with Crippen molar-refractivity contribution in [3.05, 3.63) is 48.7 Å². The molecule has 2 aliphatic carbocycles. The number of carbonyl (C=O) groups is 4. The van der Waals surface area contributed by atoms with E-state index < -0.39 is 62.6 Å². The smallest absolute Gasteiger partial charge is 0.306 e. The molecule has 13 heteroatoms. The lowest BCUT2D eigenvalue weighted by Crippen LogP contribution is -2.57. The summed E-state index contributed by atoms with van der Waals surface area (Å²) in [5, 5.41) is 3.99. The van der Waals surface area contributed by atoms with Crippen molar-refractivity contribution in [1.82, 2.24) is 19.9 Å². The molecule has 5 atom stereocenters. The van der Waals surface area contributed by atoms with Crippen LogP contribution in [0.25, 0.3) is 10.8 Å². The normalized spacial score (nSPS) is 27.8. The fourth-order valence-electron chi connectivity index (χ4n) is 7.04. The molecule has 4 bridgehead atoms. The van der Waals surface area contributed by atoms with Gasteiger partial charge in [-0.3, -0.25) is 23.9 Å². The van der Waals surface area contributed by atoms with Crippen LogP contribution in [0.15, 0.2) is 43.1 Å². The van der Waals surface area contributed by atoms with E-state index in [-0.39, 0.29) is 38.3 Å². The number of nitrogens with zero attached hydrogens (tertiary/aromatic N) is 2. The van der Waals surface area contributed by atoms with Crippen molar-refractivity contribution >= 4 is 44.5 Å². The molecule has 4 aliphatic rings. The first-order valence-electron chi connectivity index (χ1n) is 17.6. The molecular weight excluding hydrogens is 648 g/mol. The molecule has 2 aromatic rings. The second kappa shape index (κ2) is 14.5. The first-order chi connectivity index (χ1) is 23.5. The quantitative estimate of drug-likeness (QED) is 0.295. The molecule has 0 radical (unpaired) electrons. The van der Waals surface area contributed by atoms with Crippen LogP contribution in [0, 0.1) is 11.8 Å². The van der Waals surface area contributed by atoms with Gasteiger partial charge in [-0.2, -0.15) is 0 Å². The molecule has 1 aromatic heterocycles. The minimum absolute atomic E-state index is 0.0620. The monoisotopic (exact) mass is 694 g/mol. The maximum Gasteiger partial charge on any atom is 0.306 e. The molecule has 3 heterocycles. The number of aromatic nitrogens is 1. The maximum atomic E-state index is 14.3. The molecule has 1 unspecified atom stereocenters. The van der Waals surface area contributed by atoms with Gasteiger partial charge in [0.1, 0.15) is 17.7 Å². The van der Waals surface area contributed by atoms with Gasteiger partial charge in [0.15, 0.2) is 0 Å². The Morgan fingerprint density at radius 3 is 2.71 bits per heavy atom. The van der Waals surface area contributed by atoms with Gasteiger partial charge in [-0.05, 0) is 74.4 Å². The molecule has 49 heavy (non-hydrogen) atoms. The Balaban J connectivity index is 1.30. The highest BCUT2D eigenvalue weighted by atomic mass is 32.2. The van der Waals surface area contributed by atoms with Crippen molar-refractivity contribution in [2.75, 3.05) is 13.2 Å². The van der Waals surface area contributed by atoms with Crippen LogP contribution in [0.5, 0.6) is 5.88 Å². The number of ether oxygens (including phenoxy) is 2. The fraction of sp³-hybridized carbons (Fsp3) is 0.583. The van der Waals surface area contributed by atoms with Gasteiger partial charge in [0.25, 0.3) is 5.91 Å². The predicted molar refractivity (Wildman–Crippen MR) is 182 cm³/mol. The van der Waals surface area contributed by atoms with Gasteiger partial charge in [0, 0.05) is 29.8 Å². The zero-order valence-electron chi connectivity index (χ0n) is 28.0. The van der Waals surface area contributed by atoms with Crippen LogP contribution >= 0.6 is 0 Å². The van der Waals surface area contributed by atoms with E-state index in [0.717, 1.165) is 42.0 Å². The Morgan fingerprint density at radius 1 is 1.16 bits per heavy atom. The number of benzene rings is 1. The fourth-order valence-corrected chi connectivity index (χ4v) is 8.41. The summed E-state index contributed by atoms with van der Waals surface area (Å²) in [5.41, 5.74) is -0.379. The summed E-state index contributed by atoms with van der Waals surface area (Å²) >= 11 is 0. The molecule has 0 spiro atoms. The summed E-state index contributed by atoms with van der Waals surface area (Å²) in [4.78, 5) is 60.8. The third kappa shape index (κ3) is 7.76. The van der Waals surface area contributed by atoms with Crippen LogP contribution < -0.4 is 14.8 Å². The molecule has 12 nitrogen and oxygen atoms in total. The molecule has 6 rings (SSSR count). The summed E-state index contributed by atoms with van der Waals surface area (Å²) in [6.07, 6.45) is 9.03. The van der Waals surface area contributed by atoms with E-state index in [0.29, 0.717) is 38.0 Å². The Kier molecular flexibility index (Phi) is 10.3.